The van der Waals surface area contributed by atoms with Gasteiger partial charge in [-0.2, -0.15) is 5.10 Å². The Morgan fingerprint density at radius 1 is 1.50 bits per heavy atom. The fraction of sp³-hybridized carbons (Fsp3) is 0.167. The summed E-state index contributed by atoms with van der Waals surface area (Å²) in [7, 11) is 0. The van der Waals surface area contributed by atoms with E-state index in [-0.39, 0.29) is 5.91 Å². The summed E-state index contributed by atoms with van der Waals surface area (Å²) in [6.45, 7) is 1.62. The van der Waals surface area contributed by atoms with Crippen LogP contribution in [-0.4, -0.2) is 21.7 Å². The fourth-order valence-corrected chi connectivity index (χ4v) is 1.76. The van der Waals surface area contributed by atoms with Crippen LogP contribution < -0.4 is 11.1 Å². The molecule has 2 rings (SSSR count). The second kappa shape index (κ2) is 5.20. The lowest BCUT2D eigenvalue weighted by atomic mass is 10.2. The maximum absolute atomic E-state index is 11.6. The number of nitrogens with zero attached hydrogens (tertiary/aromatic N) is 2. The molecule has 5 nitrogen and oxygen atoms in total. The van der Waals surface area contributed by atoms with Gasteiger partial charge in [0.1, 0.15) is 5.69 Å². The van der Waals surface area contributed by atoms with Crippen molar-refractivity contribution >= 4 is 23.2 Å². The number of halogens is 1. The van der Waals surface area contributed by atoms with Gasteiger partial charge in [0.25, 0.3) is 0 Å². The lowest BCUT2D eigenvalue weighted by molar-refractivity contribution is -0.117. The second-order valence-electron chi connectivity index (χ2n) is 3.86. The number of anilines is 1. The molecule has 0 aliphatic carbocycles. The number of hydrogen-bond donors (Lipinski definition) is 2. The number of benzene rings is 1. The number of carbonyl (C=O) groups excluding carboxylic acids is 1. The highest BCUT2D eigenvalue weighted by molar-refractivity contribution is 6.33. The minimum Gasteiger partial charge on any atom is -0.323 e. The van der Waals surface area contributed by atoms with Crippen LogP contribution in [0.25, 0.3) is 5.69 Å². The van der Waals surface area contributed by atoms with E-state index in [9.17, 15) is 4.79 Å². The van der Waals surface area contributed by atoms with Crippen LogP contribution in [0.2, 0.25) is 5.02 Å². The first-order chi connectivity index (χ1) is 8.59. The first-order valence-corrected chi connectivity index (χ1v) is 5.82. The minimum absolute atomic E-state index is 0.273. The molecule has 1 unspecified atom stereocenters. The van der Waals surface area contributed by atoms with E-state index in [4.69, 9.17) is 17.3 Å². The van der Waals surface area contributed by atoms with Crippen molar-refractivity contribution in [2.24, 2.45) is 5.73 Å². The van der Waals surface area contributed by atoms with Gasteiger partial charge in [-0.05, 0) is 25.1 Å². The summed E-state index contributed by atoms with van der Waals surface area (Å²) in [5, 5.41) is 7.34. The minimum atomic E-state index is -0.588. The van der Waals surface area contributed by atoms with E-state index >= 15 is 0 Å². The Labute approximate surface area is 110 Å². The van der Waals surface area contributed by atoms with Gasteiger partial charge < -0.3 is 11.1 Å². The summed E-state index contributed by atoms with van der Waals surface area (Å²) in [6, 6.07) is 6.44. The number of nitrogens with two attached hydrogens (primary N) is 1. The third-order valence-corrected chi connectivity index (χ3v) is 2.70. The van der Waals surface area contributed by atoms with Crippen molar-refractivity contribution in [1.82, 2.24) is 9.78 Å². The highest BCUT2D eigenvalue weighted by Crippen LogP contribution is 2.27. The Morgan fingerprint density at radius 3 is 2.89 bits per heavy atom. The molecular formula is C12H13ClN4O. The van der Waals surface area contributed by atoms with E-state index in [0.717, 1.165) is 0 Å². The SMILES string of the molecule is CC(N)C(=O)Nc1cccc(Cl)c1-n1cccn1. The molecule has 0 fully saturated rings. The maximum Gasteiger partial charge on any atom is 0.241 e. The maximum atomic E-state index is 11.6. The second-order valence-corrected chi connectivity index (χ2v) is 4.27. The van der Waals surface area contributed by atoms with Crippen LogP contribution in [0.3, 0.4) is 0 Å². The molecule has 18 heavy (non-hydrogen) atoms. The molecule has 1 atom stereocenters. The van der Waals surface area contributed by atoms with Crippen molar-refractivity contribution in [2.45, 2.75) is 13.0 Å². The third-order valence-electron chi connectivity index (χ3n) is 2.39. The summed E-state index contributed by atoms with van der Waals surface area (Å²) in [4.78, 5) is 11.6. The Morgan fingerprint density at radius 2 is 2.28 bits per heavy atom. The molecule has 0 spiro atoms. The number of hydrogen-bond acceptors (Lipinski definition) is 3. The first kappa shape index (κ1) is 12.6. The lowest BCUT2D eigenvalue weighted by Crippen LogP contribution is -2.32. The van der Waals surface area contributed by atoms with E-state index in [2.05, 4.69) is 10.4 Å². The average molecular weight is 265 g/mol. The molecule has 0 saturated heterocycles. The van der Waals surface area contributed by atoms with Crippen molar-refractivity contribution in [3.63, 3.8) is 0 Å². The van der Waals surface area contributed by atoms with Gasteiger partial charge in [0.05, 0.1) is 16.8 Å². The van der Waals surface area contributed by atoms with Gasteiger partial charge in [0.15, 0.2) is 0 Å². The van der Waals surface area contributed by atoms with Gasteiger partial charge in [-0.25, -0.2) is 4.68 Å². The summed E-state index contributed by atoms with van der Waals surface area (Å²) in [5.74, 6) is -0.273. The monoisotopic (exact) mass is 264 g/mol. The summed E-state index contributed by atoms with van der Waals surface area (Å²) >= 11 is 6.14. The van der Waals surface area contributed by atoms with Gasteiger partial charge in [-0.1, -0.05) is 17.7 Å². The zero-order valence-corrected chi connectivity index (χ0v) is 10.6. The van der Waals surface area contributed by atoms with Crippen molar-refractivity contribution in [3.8, 4) is 5.69 Å². The fourth-order valence-electron chi connectivity index (χ4n) is 1.50. The molecule has 1 amide bonds. The number of nitrogens with one attached hydrogen (secondary N) is 1. The topological polar surface area (TPSA) is 72.9 Å². The number of aromatic nitrogens is 2. The molecule has 0 radical (unpaired) electrons. The number of rotatable bonds is 3. The molecule has 0 saturated carbocycles. The predicted molar refractivity (Wildman–Crippen MR) is 70.9 cm³/mol. The lowest BCUT2D eigenvalue weighted by Gasteiger charge is -2.13. The molecule has 94 valence electrons. The molecule has 0 aliphatic rings. The van der Waals surface area contributed by atoms with Gasteiger partial charge >= 0.3 is 0 Å². The standard InChI is InChI=1S/C12H13ClN4O/c1-8(14)12(18)16-10-5-2-4-9(13)11(10)17-7-3-6-15-17/h2-8H,14H2,1H3,(H,16,18). The molecule has 6 heteroatoms. The van der Waals surface area contributed by atoms with Crippen LogP contribution in [0.1, 0.15) is 6.92 Å². The van der Waals surface area contributed by atoms with Crippen LogP contribution in [0.4, 0.5) is 5.69 Å². The molecule has 0 bridgehead atoms. The van der Waals surface area contributed by atoms with E-state index in [1.165, 1.54) is 0 Å². The Balaban J connectivity index is 2.42. The molecule has 3 N–H and O–H groups in total. The Bertz CT molecular complexity index is 551. The van der Waals surface area contributed by atoms with E-state index in [1.807, 2.05) is 0 Å². The van der Waals surface area contributed by atoms with Gasteiger partial charge in [0, 0.05) is 12.4 Å². The molecule has 1 heterocycles. The third kappa shape index (κ3) is 2.52. The zero-order chi connectivity index (χ0) is 13.1. The number of para-hydroxylation sites is 1. The highest BCUT2D eigenvalue weighted by atomic mass is 35.5. The quantitative estimate of drug-likeness (QED) is 0.888. The van der Waals surface area contributed by atoms with Gasteiger partial charge in [-0.3, -0.25) is 4.79 Å². The molecule has 2 aromatic rings. The summed E-state index contributed by atoms with van der Waals surface area (Å²) in [5.41, 5.74) is 6.72. The molecule has 1 aromatic heterocycles. The van der Waals surface area contributed by atoms with Crippen molar-refractivity contribution in [2.75, 3.05) is 5.32 Å². The van der Waals surface area contributed by atoms with Crippen LogP contribution in [0.5, 0.6) is 0 Å². The Kier molecular flexibility index (Phi) is 3.64. The van der Waals surface area contributed by atoms with Gasteiger partial charge in [-0.15, -0.1) is 0 Å². The number of carbonyl (C=O) groups is 1. The Hall–Kier alpha value is -1.85. The largest absolute Gasteiger partial charge is 0.323 e. The average Bonchev–Trinajstić information content (AvgIpc) is 2.82. The smallest absolute Gasteiger partial charge is 0.241 e. The normalized spacial score (nSPS) is 12.2. The van der Waals surface area contributed by atoms with E-state index in [0.29, 0.717) is 16.4 Å². The van der Waals surface area contributed by atoms with Crippen LogP contribution in [0, 0.1) is 0 Å². The van der Waals surface area contributed by atoms with Crippen LogP contribution >= 0.6 is 11.6 Å². The zero-order valence-electron chi connectivity index (χ0n) is 9.80. The van der Waals surface area contributed by atoms with E-state index < -0.39 is 6.04 Å². The molecule has 1 aromatic carbocycles. The van der Waals surface area contributed by atoms with Crippen molar-refractivity contribution < 1.29 is 4.79 Å². The highest BCUT2D eigenvalue weighted by Gasteiger charge is 2.14. The van der Waals surface area contributed by atoms with Crippen LogP contribution in [0.15, 0.2) is 36.7 Å². The first-order valence-electron chi connectivity index (χ1n) is 5.44. The summed E-state index contributed by atoms with van der Waals surface area (Å²) < 4.78 is 1.60. The van der Waals surface area contributed by atoms with Crippen LogP contribution in [-0.2, 0) is 4.79 Å². The number of amides is 1. The van der Waals surface area contributed by atoms with Crippen molar-refractivity contribution in [1.29, 1.82) is 0 Å². The van der Waals surface area contributed by atoms with E-state index in [1.54, 1.807) is 48.3 Å². The molecule has 0 aliphatic heterocycles. The van der Waals surface area contributed by atoms with Crippen molar-refractivity contribution in [3.05, 3.63) is 41.7 Å². The predicted octanol–water partition coefficient (Wildman–Crippen LogP) is 1.81. The summed E-state index contributed by atoms with van der Waals surface area (Å²) in [6.07, 6.45) is 3.39. The molecular weight excluding hydrogens is 252 g/mol. The van der Waals surface area contributed by atoms with Gasteiger partial charge in [0.2, 0.25) is 5.91 Å².